The number of primary amides is 1. The molecule has 0 spiro atoms. The van der Waals surface area contributed by atoms with Crippen molar-refractivity contribution < 1.29 is 19.4 Å². The SMILES string of the molecule is Cc1ccc(CCN2C(O)c3ccccc3C(C(=O)NCC3=CNC(C)C=C3)C2c2ccccc2OCC(N)=O)cc1. The minimum absolute atomic E-state index is 0.169. The fourth-order valence-electron chi connectivity index (χ4n) is 5.66. The minimum Gasteiger partial charge on any atom is -0.483 e. The number of dihydropyridines is 1. The molecule has 0 saturated carbocycles. The highest BCUT2D eigenvalue weighted by Crippen LogP contribution is 2.49. The molecule has 42 heavy (non-hydrogen) atoms. The summed E-state index contributed by atoms with van der Waals surface area (Å²) in [6, 6.07) is 22.9. The summed E-state index contributed by atoms with van der Waals surface area (Å²) in [5.41, 5.74) is 10.8. The number of ether oxygens (including phenoxy) is 1. The van der Waals surface area contributed by atoms with Gasteiger partial charge < -0.3 is 26.2 Å². The van der Waals surface area contributed by atoms with Crippen LogP contribution in [0.3, 0.4) is 0 Å². The maximum atomic E-state index is 14.2. The Morgan fingerprint density at radius 2 is 1.69 bits per heavy atom. The average Bonchev–Trinajstić information content (AvgIpc) is 3.00. The first kappa shape index (κ1) is 29.1. The number of aliphatic hydroxyl groups is 1. The molecule has 0 aliphatic carbocycles. The van der Waals surface area contributed by atoms with Crippen molar-refractivity contribution in [3.8, 4) is 5.75 Å². The Hall–Kier alpha value is -4.40. The number of amides is 2. The van der Waals surface area contributed by atoms with Crippen LogP contribution in [0.15, 0.2) is 96.7 Å². The van der Waals surface area contributed by atoms with Gasteiger partial charge in [-0.15, -0.1) is 0 Å². The molecule has 4 atom stereocenters. The van der Waals surface area contributed by atoms with Crippen LogP contribution in [0.5, 0.6) is 5.75 Å². The molecule has 5 N–H and O–H groups in total. The first-order valence-corrected chi connectivity index (χ1v) is 14.3. The van der Waals surface area contributed by atoms with Crippen LogP contribution < -0.4 is 21.1 Å². The zero-order valence-electron chi connectivity index (χ0n) is 24.0. The summed E-state index contributed by atoms with van der Waals surface area (Å²) < 4.78 is 5.85. The lowest BCUT2D eigenvalue weighted by atomic mass is 9.78. The Morgan fingerprint density at radius 1 is 1.00 bits per heavy atom. The second-order valence-electron chi connectivity index (χ2n) is 10.9. The van der Waals surface area contributed by atoms with Crippen molar-refractivity contribution in [1.82, 2.24) is 15.5 Å². The number of hydrogen-bond donors (Lipinski definition) is 4. The largest absolute Gasteiger partial charge is 0.483 e. The number of nitrogens with one attached hydrogen (secondary N) is 2. The second kappa shape index (κ2) is 13.1. The first-order valence-electron chi connectivity index (χ1n) is 14.3. The van der Waals surface area contributed by atoms with Crippen molar-refractivity contribution in [2.45, 2.75) is 44.5 Å². The number of fused-ring (bicyclic) bond motifs is 1. The normalized spacial score (nSPS) is 21.5. The van der Waals surface area contributed by atoms with E-state index in [4.69, 9.17) is 10.5 Å². The highest BCUT2D eigenvalue weighted by Gasteiger charge is 2.45. The van der Waals surface area contributed by atoms with Gasteiger partial charge in [0, 0.05) is 30.9 Å². The fraction of sp³-hybridized carbons (Fsp3) is 0.294. The van der Waals surface area contributed by atoms with Crippen LogP contribution >= 0.6 is 0 Å². The molecule has 5 rings (SSSR count). The Kier molecular flexibility index (Phi) is 9.05. The molecule has 2 heterocycles. The number of aliphatic hydroxyl groups excluding tert-OH is 1. The zero-order chi connectivity index (χ0) is 29.6. The summed E-state index contributed by atoms with van der Waals surface area (Å²) in [7, 11) is 0. The number of nitrogens with two attached hydrogens (primary N) is 1. The monoisotopic (exact) mass is 566 g/mol. The van der Waals surface area contributed by atoms with Gasteiger partial charge in [-0.2, -0.15) is 0 Å². The predicted octanol–water partition coefficient (Wildman–Crippen LogP) is 3.78. The van der Waals surface area contributed by atoms with Gasteiger partial charge in [0.25, 0.3) is 5.91 Å². The molecule has 0 fully saturated rings. The number of rotatable bonds is 10. The van der Waals surface area contributed by atoms with E-state index in [0.717, 1.165) is 16.7 Å². The molecule has 218 valence electrons. The third-order valence-electron chi connectivity index (χ3n) is 7.86. The van der Waals surface area contributed by atoms with Crippen LogP contribution in [-0.4, -0.2) is 47.6 Å². The zero-order valence-corrected chi connectivity index (χ0v) is 24.0. The third kappa shape index (κ3) is 6.56. The van der Waals surface area contributed by atoms with E-state index in [1.807, 2.05) is 66.6 Å². The molecule has 0 saturated heterocycles. The van der Waals surface area contributed by atoms with Crippen LogP contribution in [0.25, 0.3) is 0 Å². The molecule has 0 aromatic heterocycles. The van der Waals surface area contributed by atoms with Gasteiger partial charge >= 0.3 is 0 Å². The van der Waals surface area contributed by atoms with Crippen molar-refractivity contribution in [3.63, 3.8) is 0 Å². The number of para-hydroxylation sites is 1. The van der Waals surface area contributed by atoms with Gasteiger partial charge in [-0.3, -0.25) is 14.5 Å². The van der Waals surface area contributed by atoms with E-state index in [2.05, 4.69) is 47.9 Å². The smallest absolute Gasteiger partial charge is 0.255 e. The van der Waals surface area contributed by atoms with E-state index in [-0.39, 0.29) is 18.6 Å². The van der Waals surface area contributed by atoms with E-state index in [0.29, 0.717) is 36.4 Å². The van der Waals surface area contributed by atoms with Gasteiger partial charge in [-0.25, -0.2) is 0 Å². The highest BCUT2D eigenvalue weighted by atomic mass is 16.5. The molecule has 8 nitrogen and oxygen atoms in total. The third-order valence-corrected chi connectivity index (χ3v) is 7.86. The van der Waals surface area contributed by atoms with Gasteiger partial charge in [0.05, 0.1) is 12.0 Å². The van der Waals surface area contributed by atoms with Crippen LogP contribution in [-0.2, 0) is 16.0 Å². The second-order valence-corrected chi connectivity index (χ2v) is 10.9. The number of nitrogens with zero attached hydrogens (tertiary/aromatic N) is 1. The number of aryl methyl sites for hydroxylation is 1. The van der Waals surface area contributed by atoms with Crippen molar-refractivity contribution >= 4 is 11.8 Å². The number of hydrogen-bond acceptors (Lipinski definition) is 6. The Labute approximate surface area is 246 Å². The maximum Gasteiger partial charge on any atom is 0.255 e. The van der Waals surface area contributed by atoms with Crippen molar-refractivity contribution in [1.29, 1.82) is 0 Å². The molecule has 3 aromatic rings. The first-order chi connectivity index (χ1) is 20.3. The summed E-state index contributed by atoms with van der Waals surface area (Å²) in [5.74, 6) is -0.985. The number of benzene rings is 3. The molecule has 8 heteroatoms. The molecule has 0 bridgehead atoms. The summed E-state index contributed by atoms with van der Waals surface area (Å²) in [5, 5.41) is 18.2. The Balaban J connectivity index is 1.55. The van der Waals surface area contributed by atoms with Crippen molar-refractivity contribution in [2.24, 2.45) is 5.73 Å². The van der Waals surface area contributed by atoms with Crippen molar-refractivity contribution in [2.75, 3.05) is 19.7 Å². The summed E-state index contributed by atoms with van der Waals surface area (Å²) in [6.45, 7) is 4.64. The molecule has 2 amide bonds. The van der Waals surface area contributed by atoms with Gasteiger partial charge in [0.15, 0.2) is 6.61 Å². The molecular formula is C34H38N4O4. The quantitative estimate of drug-likeness (QED) is 0.297. The van der Waals surface area contributed by atoms with Crippen molar-refractivity contribution in [3.05, 3.63) is 125 Å². The van der Waals surface area contributed by atoms with Gasteiger partial charge in [-0.05, 0) is 48.6 Å². The minimum atomic E-state index is -0.959. The molecule has 4 unspecified atom stereocenters. The lowest BCUT2D eigenvalue weighted by molar-refractivity contribution is -0.128. The van der Waals surface area contributed by atoms with E-state index < -0.39 is 24.1 Å². The van der Waals surface area contributed by atoms with E-state index in [9.17, 15) is 14.7 Å². The number of carbonyl (C=O) groups is 2. The summed E-state index contributed by atoms with van der Waals surface area (Å²) in [4.78, 5) is 27.8. The van der Waals surface area contributed by atoms with Gasteiger partial charge in [0.1, 0.15) is 12.0 Å². The predicted molar refractivity (Wildman–Crippen MR) is 162 cm³/mol. The van der Waals surface area contributed by atoms with Crippen LogP contribution in [0.2, 0.25) is 0 Å². The van der Waals surface area contributed by atoms with E-state index in [1.54, 1.807) is 6.07 Å². The summed E-state index contributed by atoms with van der Waals surface area (Å²) >= 11 is 0. The molecule has 0 radical (unpaired) electrons. The summed E-state index contributed by atoms with van der Waals surface area (Å²) in [6.07, 6.45) is 5.69. The molecule has 3 aromatic carbocycles. The van der Waals surface area contributed by atoms with Crippen LogP contribution in [0.1, 0.15) is 52.9 Å². The van der Waals surface area contributed by atoms with Crippen LogP contribution in [0, 0.1) is 6.92 Å². The van der Waals surface area contributed by atoms with E-state index in [1.165, 1.54) is 5.56 Å². The van der Waals surface area contributed by atoms with E-state index >= 15 is 0 Å². The van der Waals surface area contributed by atoms with Gasteiger partial charge in [0.2, 0.25) is 5.91 Å². The highest BCUT2D eigenvalue weighted by molar-refractivity contribution is 5.86. The maximum absolute atomic E-state index is 14.2. The Bertz CT molecular complexity index is 1480. The van der Waals surface area contributed by atoms with Gasteiger partial charge in [-0.1, -0.05) is 84.4 Å². The lowest BCUT2D eigenvalue weighted by Crippen LogP contribution is -2.47. The Morgan fingerprint density at radius 3 is 2.38 bits per heavy atom. The average molecular weight is 567 g/mol. The number of carbonyl (C=O) groups excluding carboxylic acids is 2. The lowest BCUT2D eigenvalue weighted by Gasteiger charge is -2.45. The standard InChI is InChI=1S/C34H38N4O4/c1-22-11-14-24(15-12-22)17-18-38-32(28-9-5-6-10-29(28)42-21-30(35)39)31(26-7-3-4-8-27(26)34(38)41)33(40)37-20-25-16-13-23(2)36-19-25/h3-16,19,23,31-32,34,36,41H,17-18,20-21H2,1-2H3,(H2,35,39)(H,37,40). The van der Waals surface area contributed by atoms with Crippen LogP contribution in [0.4, 0.5) is 0 Å². The topological polar surface area (TPSA) is 117 Å². The molecular weight excluding hydrogens is 528 g/mol. The fourth-order valence-corrected chi connectivity index (χ4v) is 5.66. The molecule has 2 aliphatic rings. The molecule has 2 aliphatic heterocycles.